The Morgan fingerprint density at radius 2 is 2.23 bits per heavy atom. The molecule has 0 amide bonds. The molecule has 2 atom stereocenters. The second kappa shape index (κ2) is 2.26. The fourth-order valence-electron chi connectivity index (χ4n) is 2.24. The molecular formula is C11H12O2. The molecule has 13 heavy (non-hydrogen) atoms. The first-order chi connectivity index (χ1) is 6.28. The summed E-state index contributed by atoms with van der Waals surface area (Å²) in [5.41, 5.74) is 1.48. The molecule has 1 unspecified atom stereocenters. The van der Waals surface area contributed by atoms with E-state index in [2.05, 4.69) is 19.1 Å². The standard InChI is InChI=1S/C11H12O2/c1-11-6-10(12-7-11)13-9-5-3-2-4-8(9)11/h2-5,10H,6-7H2,1H3/t10?,11-/m1/s1. The SMILES string of the molecule is C[C@]12COC(C1)Oc1ccccc12. The number of para-hydroxylation sites is 1. The summed E-state index contributed by atoms with van der Waals surface area (Å²) >= 11 is 0. The Labute approximate surface area is 77.5 Å². The fraction of sp³-hybridized carbons (Fsp3) is 0.455. The van der Waals surface area contributed by atoms with Crippen molar-refractivity contribution in [3.8, 4) is 5.75 Å². The molecule has 0 aliphatic carbocycles. The van der Waals surface area contributed by atoms with Gasteiger partial charge in [-0.2, -0.15) is 0 Å². The van der Waals surface area contributed by atoms with E-state index in [0.29, 0.717) is 0 Å². The van der Waals surface area contributed by atoms with Crippen LogP contribution >= 0.6 is 0 Å². The lowest BCUT2D eigenvalue weighted by atomic mass is 9.80. The van der Waals surface area contributed by atoms with Crippen molar-refractivity contribution in [1.29, 1.82) is 0 Å². The predicted molar refractivity (Wildman–Crippen MR) is 48.8 cm³/mol. The van der Waals surface area contributed by atoms with E-state index >= 15 is 0 Å². The summed E-state index contributed by atoms with van der Waals surface area (Å²) in [6.45, 7) is 3.03. The number of hydrogen-bond donors (Lipinski definition) is 0. The first kappa shape index (κ1) is 7.39. The molecular weight excluding hydrogens is 164 g/mol. The van der Waals surface area contributed by atoms with Gasteiger partial charge in [-0.25, -0.2) is 0 Å². The van der Waals surface area contributed by atoms with Crippen LogP contribution in [0.4, 0.5) is 0 Å². The molecule has 0 N–H and O–H groups in total. The molecule has 0 aromatic heterocycles. The van der Waals surface area contributed by atoms with Gasteiger partial charge >= 0.3 is 0 Å². The molecule has 2 aliphatic heterocycles. The lowest BCUT2D eigenvalue weighted by Crippen LogP contribution is -2.28. The van der Waals surface area contributed by atoms with Gasteiger partial charge in [0.1, 0.15) is 5.75 Å². The Kier molecular flexibility index (Phi) is 1.29. The average molecular weight is 176 g/mol. The van der Waals surface area contributed by atoms with Gasteiger partial charge in [-0.1, -0.05) is 25.1 Å². The molecule has 2 aliphatic rings. The summed E-state index contributed by atoms with van der Waals surface area (Å²) in [5, 5.41) is 0. The van der Waals surface area contributed by atoms with E-state index in [-0.39, 0.29) is 11.7 Å². The maximum Gasteiger partial charge on any atom is 0.200 e. The van der Waals surface area contributed by atoms with Crippen molar-refractivity contribution in [3.63, 3.8) is 0 Å². The van der Waals surface area contributed by atoms with E-state index in [1.54, 1.807) is 0 Å². The highest BCUT2D eigenvalue weighted by Crippen LogP contribution is 2.45. The first-order valence-corrected chi connectivity index (χ1v) is 4.66. The number of ether oxygens (including phenoxy) is 2. The van der Waals surface area contributed by atoms with E-state index in [9.17, 15) is 0 Å². The third-order valence-corrected chi connectivity index (χ3v) is 3.00. The maximum absolute atomic E-state index is 5.67. The Bertz CT molecular complexity index is 348. The van der Waals surface area contributed by atoms with Gasteiger partial charge < -0.3 is 9.47 Å². The molecule has 1 aromatic carbocycles. The second-order valence-electron chi connectivity index (χ2n) is 4.12. The van der Waals surface area contributed by atoms with Gasteiger partial charge in [0, 0.05) is 17.4 Å². The van der Waals surface area contributed by atoms with Crippen LogP contribution in [0.3, 0.4) is 0 Å². The van der Waals surface area contributed by atoms with E-state index in [1.807, 2.05) is 12.1 Å². The minimum atomic E-state index is -0.0140. The monoisotopic (exact) mass is 176 g/mol. The zero-order valence-electron chi connectivity index (χ0n) is 7.62. The maximum atomic E-state index is 5.67. The molecule has 68 valence electrons. The van der Waals surface area contributed by atoms with Crippen LogP contribution in [0.5, 0.6) is 5.75 Å². The highest BCUT2D eigenvalue weighted by Gasteiger charge is 2.44. The molecule has 2 nitrogen and oxygen atoms in total. The van der Waals surface area contributed by atoms with Crippen LogP contribution in [0.25, 0.3) is 0 Å². The number of hydrogen-bond acceptors (Lipinski definition) is 2. The smallest absolute Gasteiger partial charge is 0.200 e. The van der Waals surface area contributed by atoms with Gasteiger partial charge in [0.05, 0.1) is 6.61 Å². The van der Waals surface area contributed by atoms with Crippen LogP contribution in [-0.2, 0) is 10.2 Å². The average Bonchev–Trinajstić information content (AvgIpc) is 2.44. The van der Waals surface area contributed by atoms with Crippen molar-refractivity contribution in [3.05, 3.63) is 29.8 Å². The predicted octanol–water partition coefficient (Wildman–Crippen LogP) is 2.08. The molecule has 1 fully saturated rings. The number of rotatable bonds is 0. The summed E-state index contributed by atoms with van der Waals surface area (Å²) in [4.78, 5) is 0. The van der Waals surface area contributed by atoms with E-state index in [4.69, 9.17) is 9.47 Å². The molecule has 1 aromatic rings. The molecule has 2 heteroatoms. The van der Waals surface area contributed by atoms with Gasteiger partial charge in [-0.3, -0.25) is 0 Å². The largest absolute Gasteiger partial charge is 0.465 e. The van der Waals surface area contributed by atoms with Crippen LogP contribution in [0, 0.1) is 0 Å². The van der Waals surface area contributed by atoms with E-state index in [1.165, 1.54) is 5.56 Å². The minimum Gasteiger partial charge on any atom is -0.465 e. The van der Waals surface area contributed by atoms with Crippen molar-refractivity contribution in [2.45, 2.75) is 25.0 Å². The van der Waals surface area contributed by atoms with Crippen molar-refractivity contribution in [2.75, 3.05) is 6.61 Å². The molecule has 0 spiro atoms. The zero-order chi connectivity index (χ0) is 8.89. The van der Waals surface area contributed by atoms with Gasteiger partial charge in [-0.15, -0.1) is 0 Å². The van der Waals surface area contributed by atoms with Crippen molar-refractivity contribution in [1.82, 2.24) is 0 Å². The molecule has 1 saturated heterocycles. The van der Waals surface area contributed by atoms with E-state index in [0.717, 1.165) is 18.8 Å². The minimum absolute atomic E-state index is 0.0140. The Balaban J connectivity index is 2.19. The third kappa shape index (κ3) is 0.923. The number of fused-ring (bicyclic) bond motifs is 4. The highest BCUT2D eigenvalue weighted by molar-refractivity contribution is 5.42. The van der Waals surface area contributed by atoms with Gasteiger partial charge in [-0.05, 0) is 6.07 Å². The summed E-state index contributed by atoms with van der Waals surface area (Å²) in [5.74, 6) is 0.999. The van der Waals surface area contributed by atoms with Crippen LogP contribution in [0.2, 0.25) is 0 Å². The topological polar surface area (TPSA) is 18.5 Å². The van der Waals surface area contributed by atoms with Crippen molar-refractivity contribution < 1.29 is 9.47 Å². The summed E-state index contributed by atoms with van der Waals surface area (Å²) in [6.07, 6.45) is 0.976. The zero-order valence-corrected chi connectivity index (χ0v) is 7.62. The lowest BCUT2D eigenvalue weighted by Gasteiger charge is -2.29. The Morgan fingerprint density at radius 3 is 3.15 bits per heavy atom. The molecule has 0 saturated carbocycles. The van der Waals surface area contributed by atoms with Gasteiger partial charge in [0.2, 0.25) is 6.29 Å². The van der Waals surface area contributed by atoms with Crippen LogP contribution in [-0.4, -0.2) is 12.9 Å². The molecule has 2 heterocycles. The molecule has 0 radical (unpaired) electrons. The van der Waals surface area contributed by atoms with Crippen LogP contribution in [0.1, 0.15) is 18.9 Å². The lowest BCUT2D eigenvalue weighted by molar-refractivity contribution is -0.0380. The normalized spacial score (nSPS) is 35.3. The number of benzene rings is 1. The van der Waals surface area contributed by atoms with Crippen LogP contribution in [0.15, 0.2) is 24.3 Å². The summed E-state index contributed by atoms with van der Waals surface area (Å²) in [7, 11) is 0. The Morgan fingerprint density at radius 1 is 1.38 bits per heavy atom. The quantitative estimate of drug-likeness (QED) is 0.602. The van der Waals surface area contributed by atoms with Crippen molar-refractivity contribution >= 4 is 0 Å². The Hall–Kier alpha value is -1.02. The fourth-order valence-corrected chi connectivity index (χ4v) is 2.24. The van der Waals surface area contributed by atoms with Crippen LogP contribution < -0.4 is 4.74 Å². The highest BCUT2D eigenvalue weighted by atomic mass is 16.7. The van der Waals surface area contributed by atoms with Crippen molar-refractivity contribution in [2.24, 2.45) is 0 Å². The first-order valence-electron chi connectivity index (χ1n) is 4.66. The molecule has 2 bridgehead atoms. The summed E-state index contributed by atoms with van der Waals surface area (Å²) in [6, 6.07) is 8.23. The second-order valence-corrected chi connectivity index (χ2v) is 4.12. The summed E-state index contributed by atoms with van der Waals surface area (Å²) < 4.78 is 11.2. The third-order valence-electron chi connectivity index (χ3n) is 3.00. The molecule has 3 rings (SSSR count). The van der Waals surface area contributed by atoms with Gasteiger partial charge in [0.15, 0.2) is 0 Å². The van der Waals surface area contributed by atoms with E-state index < -0.39 is 0 Å². The van der Waals surface area contributed by atoms with Gasteiger partial charge in [0.25, 0.3) is 0 Å².